The molecular weight excluding hydrogens is 298 g/mol. The molecule has 3 N–H and O–H groups in total. The van der Waals surface area contributed by atoms with Crippen molar-refractivity contribution in [3.8, 4) is 0 Å². The molecule has 2 aromatic rings. The molecule has 0 saturated heterocycles. The van der Waals surface area contributed by atoms with Gasteiger partial charge in [-0.1, -0.05) is 25.0 Å². The van der Waals surface area contributed by atoms with Gasteiger partial charge in [-0.25, -0.2) is 9.59 Å². The van der Waals surface area contributed by atoms with Crippen molar-refractivity contribution in [3.63, 3.8) is 0 Å². The number of rotatable bonds is 5. The molecule has 0 bridgehead atoms. The van der Waals surface area contributed by atoms with Gasteiger partial charge in [-0.05, 0) is 25.0 Å². The molecule has 0 atom stereocenters. The van der Waals surface area contributed by atoms with Crippen molar-refractivity contribution in [2.45, 2.75) is 37.8 Å². The predicted octanol–water partition coefficient (Wildman–Crippen LogP) is 1.20. The zero-order valence-corrected chi connectivity index (χ0v) is 12.9. The van der Waals surface area contributed by atoms with Gasteiger partial charge in [0, 0.05) is 19.6 Å². The first-order valence-corrected chi connectivity index (χ1v) is 7.90. The van der Waals surface area contributed by atoms with E-state index < -0.39 is 11.4 Å². The Labute approximate surface area is 133 Å². The van der Waals surface area contributed by atoms with Crippen molar-refractivity contribution in [2.24, 2.45) is 0 Å². The van der Waals surface area contributed by atoms with E-state index >= 15 is 0 Å². The third kappa shape index (κ3) is 3.56. The van der Waals surface area contributed by atoms with E-state index in [2.05, 4.69) is 10.6 Å². The minimum Gasteiger partial charge on any atom is -0.408 e. The third-order valence-electron chi connectivity index (χ3n) is 4.31. The Bertz CT molecular complexity index is 743. The number of nitrogens with zero attached hydrogens (tertiary/aromatic N) is 1. The molecule has 7 heteroatoms. The molecule has 1 aliphatic carbocycles. The topological polar surface area (TPSA) is 96.5 Å². The Morgan fingerprint density at radius 2 is 2.00 bits per heavy atom. The van der Waals surface area contributed by atoms with Gasteiger partial charge in [-0.3, -0.25) is 4.57 Å². The van der Waals surface area contributed by atoms with Gasteiger partial charge in [0.1, 0.15) is 0 Å². The fourth-order valence-corrected chi connectivity index (χ4v) is 3.02. The molecule has 3 rings (SSSR count). The van der Waals surface area contributed by atoms with Gasteiger partial charge in [-0.15, -0.1) is 0 Å². The molecule has 1 saturated carbocycles. The summed E-state index contributed by atoms with van der Waals surface area (Å²) in [4.78, 5) is 23.6. The van der Waals surface area contributed by atoms with E-state index in [0.29, 0.717) is 24.2 Å². The van der Waals surface area contributed by atoms with Crippen LogP contribution >= 0.6 is 0 Å². The van der Waals surface area contributed by atoms with Gasteiger partial charge in [0.2, 0.25) is 0 Å². The van der Waals surface area contributed by atoms with E-state index in [9.17, 15) is 14.7 Å². The Morgan fingerprint density at radius 1 is 1.26 bits per heavy atom. The Morgan fingerprint density at radius 3 is 2.78 bits per heavy atom. The van der Waals surface area contributed by atoms with Crippen LogP contribution in [-0.2, 0) is 6.54 Å². The number of urea groups is 1. The number of oxazole rings is 1. The highest BCUT2D eigenvalue weighted by molar-refractivity contribution is 5.74. The smallest absolute Gasteiger partial charge is 0.408 e. The summed E-state index contributed by atoms with van der Waals surface area (Å²) in [6.45, 7) is 0.884. The fourth-order valence-electron chi connectivity index (χ4n) is 3.02. The monoisotopic (exact) mass is 319 g/mol. The first-order valence-electron chi connectivity index (χ1n) is 7.90. The number of nitrogens with one attached hydrogen (secondary N) is 2. The average Bonchev–Trinajstić information content (AvgIpc) is 3.10. The summed E-state index contributed by atoms with van der Waals surface area (Å²) < 4.78 is 6.62. The number of aliphatic hydroxyl groups is 1. The SMILES string of the molecule is O=C(NCCn1c(=O)oc2ccccc21)NCC1(O)CCCC1. The predicted molar refractivity (Wildman–Crippen MR) is 85.3 cm³/mol. The quantitative estimate of drug-likeness (QED) is 0.771. The number of amides is 2. The van der Waals surface area contributed by atoms with E-state index in [0.717, 1.165) is 25.7 Å². The maximum atomic E-state index is 11.8. The fraction of sp³-hybridized carbons (Fsp3) is 0.500. The molecule has 1 fully saturated rings. The molecule has 2 amide bonds. The average molecular weight is 319 g/mol. The van der Waals surface area contributed by atoms with Crippen LogP contribution in [0.3, 0.4) is 0 Å². The second kappa shape index (κ2) is 6.45. The van der Waals surface area contributed by atoms with Gasteiger partial charge < -0.3 is 20.2 Å². The number of para-hydroxylation sites is 2. The van der Waals surface area contributed by atoms with Crippen molar-refractivity contribution >= 4 is 17.1 Å². The lowest BCUT2D eigenvalue weighted by atomic mass is 10.0. The summed E-state index contributed by atoms with van der Waals surface area (Å²) >= 11 is 0. The van der Waals surface area contributed by atoms with Crippen LogP contribution in [0.15, 0.2) is 33.5 Å². The number of fused-ring (bicyclic) bond motifs is 1. The standard InChI is InChI=1S/C16H21N3O4/c20-14(18-11-16(22)7-3-4-8-16)17-9-10-19-12-5-1-2-6-13(12)23-15(19)21/h1-2,5-6,22H,3-4,7-11H2,(H2,17,18,20). The molecule has 1 aliphatic rings. The van der Waals surface area contributed by atoms with Crippen LogP contribution in [0.1, 0.15) is 25.7 Å². The normalized spacial score (nSPS) is 16.6. The van der Waals surface area contributed by atoms with E-state index in [-0.39, 0.29) is 12.6 Å². The highest BCUT2D eigenvalue weighted by Crippen LogP contribution is 2.28. The second-order valence-electron chi connectivity index (χ2n) is 6.03. The summed E-state index contributed by atoms with van der Waals surface area (Å²) in [5, 5.41) is 15.5. The molecular formula is C16H21N3O4. The van der Waals surface area contributed by atoms with Crippen molar-refractivity contribution in [1.29, 1.82) is 0 Å². The number of hydrogen-bond acceptors (Lipinski definition) is 4. The largest absolute Gasteiger partial charge is 0.420 e. The number of aromatic nitrogens is 1. The van der Waals surface area contributed by atoms with Crippen LogP contribution in [0.2, 0.25) is 0 Å². The summed E-state index contributed by atoms with van der Waals surface area (Å²) in [5.41, 5.74) is 0.472. The summed E-state index contributed by atoms with van der Waals surface area (Å²) in [7, 11) is 0. The molecule has 7 nitrogen and oxygen atoms in total. The lowest BCUT2D eigenvalue weighted by Crippen LogP contribution is -2.45. The van der Waals surface area contributed by atoms with Crippen molar-refractivity contribution in [3.05, 3.63) is 34.8 Å². The van der Waals surface area contributed by atoms with Crippen LogP contribution in [0.25, 0.3) is 11.1 Å². The van der Waals surface area contributed by atoms with Crippen LogP contribution < -0.4 is 16.4 Å². The number of benzene rings is 1. The van der Waals surface area contributed by atoms with E-state index in [1.165, 1.54) is 4.57 Å². The van der Waals surface area contributed by atoms with Crippen LogP contribution in [0, 0.1) is 0 Å². The zero-order chi connectivity index (χ0) is 16.3. The maximum Gasteiger partial charge on any atom is 0.420 e. The second-order valence-corrected chi connectivity index (χ2v) is 6.03. The van der Waals surface area contributed by atoms with Crippen LogP contribution in [0.4, 0.5) is 4.79 Å². The van der Waals surface area contributed by atoms with Gasteiger partial charge in [0.15, 0.2) is 5.58 Å². The maximum absolute atomic E-state index is 11.8. The van der Waals surface area contributed by atoms with Crippen molar-refractivity contribution in [1.82, 2.24) is 15.2 Å². The van der Waals surface area contributed by atoms with E-state index in [1.54, 1.807) is 18.2 Å². The third-order valence-corrected chi connectivity index (χ3v) is 4.31. The van der Waals surface area contributed by atoms with Gasteiger partial charge in [0.05, 0.1) is 11.1 Å². The Kier molecular flexibility index (Phi) is 4.38. The molecule has 124 valence electrons. The first kappa shape index (κ1) is 15.6. The minimum atomic E-state index is -0.769. The highest BCUT2D eigenvalue weighted by Gasteiger charge is 2.31. The van der Waals surface area contributed by atoms with Crippen LogP contribution in [0.5, 0.6) is 0 Å². The summed E-state index contributed by atoms with van der Waals surface area (Å²) in [5.74, 6) is -0.436. The number of hydrogen-bond donors (Lipinski definition) is 3. The minimum absolute atomic E-state index is 0.257. The van der Waals surface area contributed by atoms with E-state index in [1.807, 2.05) is 6.07 Å². The molecule has 23 heavy (non-hydrogen) atoms. The summed E-state index contributed by atoms with van der Waals surface area (Å²) in [6.07, 6.45) is 3.44. The van der Waals surface area contributed by atoms with Crippen molar-refractivity contribution < 1.29 is 14.3 Å². The van der Waals surface area contributed by atoms with E-state index in [4.69, 9.17) is 4.42 Å². The molecule has 0 unspecified atom stereocenters. The lowest BCUT2D eigenvalue weighted by Gasteiger charge is -2.22. The van der Waals surface area contributed by atoms with Crippen LogP contribution in [-0.4, -0.2) is 34.4 Å². The summed E-state index contributed by atoms with van der Waals surface area (Å²) in [6, 6.07) is 6.82. The van der Waals surface area contributed by atoms with Gasteiger partial charge >= 0.3 is 11.8 Å². The molecule has 1 heterocycles. The molecule has 1 aromatic heterocycles. The Balaban J connectivity index is 1.49. The first-order chi connectivity index (χ1) is 11.1. The molecule has 1 aromatic carbocycles. The zero-order valence-electron chi connectivity index (χ0n) is 12.9. The van der Waals surface area contributed by atoms with Crippen molar-refractivity contribution in [2.75, 3.05) is 13.1 Å². The van der Waals surface area contributed by atoms with Gasteiger partial charge in [0.25, 0.3) is 0 Å². The molecule has 0 aliphatic heterocycles. The Hall–Kier alpha value is -2.28. The highest BCUT2D eigenvalue weighted by atomic mass is 16.4. The lowest BCUT2D eigenvalue weighted by molar-refractivity contribution is 0.0501. The number of carbonyl (C=O) groups excluding carboxylic acids is 1. The molecule has 0 spiro atoms. The number of carbonyl (C=O) groups is 1. The molecule has 0 radical (unpaired) electrons. The van der Waals surface area contributed by atoms with Gasteiger partial charge in [-0.2, -0.15) is 0 Å².